The van der Waals surface area contributed by atoms with Gasteiger partial charge in [-0.2, -0.15) is 18.3 Å². The first-order valence-electron chi connectivity index (χ1n) is 6.52. The molecule has 0 aliphatic carbocycles. The molecule has 22 heavy (non-hydrogen) atoms. The topological polar surface area (TPSA) is 59.8 Å². The van der Waals surface area contributed by atoms with Gasteiger partial charge in [-0.3, -0.25) is 9.48 Å². The van der Waals surface area contributed by atoms with Crippen molar-refractivity contribution in [2.75, 3.05) is 5.32 Å². The molecule has 0 aliphatic rings. The van der Waals surface area contributed by atoms with Gasteiger partial charge >= 0.3 is 6.18 Å². The Morgan fingerprint density at radius 2 is 2.05 bits per heavy atom. The summed E-state index contributed by atoms with van der Waals surface area (Å²) in [7, 11) is 1.71. The Morgan fingerprint density at radius 1 is 1.36 bits per heavy atom. The maximum absolute atomic E-state index is 12.5. The van der Waals surface area contributed by atoms with Crippen molar-refractivity contribution in [2.45, 2.75) is 20.0 Å². The van der Waals surface area contributed by atoms with Gasteiger partial charge in [0.2, 0.25) is 5.91 Å². The van der Waals surface area contributed by atoms with Crippen molar-refractivity contribution in [2.24, 2.45) is 13.0 Å². The summed E-state index contributed by atoms with van der Waals surface area (Å²) in [6.45, 7) is 2.65. The Balaban J connectivity index is 2.25. The van der Waals surface area contributed by atoms with Crippen molar-refractivity contribution < 1.29 is 18.0 Å². The van der Waals surface area contributed by atoms with Gasteiger partial charge in [-0.25, -0.2) is 4.98 Å². The minimum atomic E-state index is -4.57. The second-order valence-electron chi connectivity index (χ2n) is 5.02. The van der Waals surface area contributed by atoms with Crippen LogP contribution in [-0.4, -0.2) is 26.8 Å². The van der Waals surface area contributed by atoms with Crippen LogP contribution in [0.1, 0.15) is 12.5 Å². The molecule has 0 unspecified atom stereocenters. The van der Waals surface area contributed by atoms with Crippen molar-refractivity contribution in [3.63, 3.8) is 0 Å². The molecule has 0 radical (unpaired) electrons. The number of hydrogen-bond acceptors (Lipinski definition) is 3. The number of carbonyl (C=O) groups is 1. The van der Waals surface area contributed by atoms with Gasteiger partial charge in [0, 0.05) is 18.3 Å². The SMILES string of the molecule is Cc1ccc(NC(=O)[C@H](C)C(F)(F)F)cc1-c1ncn(C)n1. The van der Waals surface area contributed by atoms with Crippen LogP contribution in [0.3, 0.4) is 0 Å². The maximum Gasteiger partial charge on any atom is 0.400 e. The molecule has 2 aromatic rings. The largest absolute Gasteiger partial charge is 0.400 e. The first kappa shape index (κ1) is 16.0. The molecule has 1 aromatic carbocycles. The number of nitrogens with zero attached hydrogens (tertiary/aromatic N) is 3. The van der Waals surface area contributed by atoms with E-state index < -0.39 is 18.0 Å². The van der Waals surface area contributed by atoms with E-state index in [1.54, 1.807) is 25.2 Å². The van der Waals surface area contributed by atoms with Crippen LogP contribution in [-0.2, 0) is 11.8 Å². The van der Waals surface area contributed by atoms with Crippen LogP contribution in [0, 0.1) is 12.8 Å². The lowest BCUT2D eigenvalue weighted by molar-refractivity contribution is -0.175. The number of halogens is 3. The van der Waals surface area contributed by atoms with Gasteiger partial charge < -0.3 is 5.32 Å². The number of alkyl halides is 3. The molecule has 0 saturated carbocycles. The lowest BCUT2D eigenvalue weighted by atomic mass is 10.1. The Morgan fingerprint density at radius 3 is 2.59 bits per heavy atom. The summed E-state index contributed by atoms with van der Waals surface area (Å²) < 4.78 is 39.1. The van der Waals surface area contributed by atoms with E-state index in [1.165, 1.54) is 11.0 Å². The number of anilines is 1. The van der Waals surface area contributed by atoms with Gasteiger partial charge in [-0.1, -0.05) is 6.07 Å². The normalized spacial score (nSPS) is 13.0. The van der Waals surface area contributed by atoms with E-state index in [1.807, 2.05) is 6.92 Å². The first-order chi connectivity index (χ1) is 10.2. The summed E-state index contributed by atoms with van der Waals surface area (Å²) in [6.07, 6.45) is -3.05. The molecule has 5 nitrogen and oxygen atoms in total. The summed E-state index contributed by atoms with van der Waals surface area (Å²) in [5, 5.41) is 6.42. The summed E-state index contributed by atoms with van der Waals surface area (Å²) in [4.78, 5) is 15.7. The highest BCUT2D eigenvalue weighted by atomic mass is 19.4. The van der Waals surface area contributed by atoms with E-state index in [0.29, 0.717) is 11.4 Å². The molecular formula is C14H15F3N4O. The second kappa shape index (κ2) is 5.78. The van der Waals surface area contributed by atoms with Crippen molar-refractivity contribution in [1.82, 2.24) is 14.8 Å². The molecule has 8 heteroatoms. The molecule has 118 valence electrons. The number of hydrogen-bond donors (Lipinski definition) is 1. The molecule has 1 aromatic heterocycles. The minimum absolute atomic E-state index is 0.272. The fourth-order valence-electron chi connectivity index (χ4n) is 1.80. The predicted molar refractivity (Wildman–Crippen MR) is 75.0 cm³/mol. The van der Waals surface area contributed by atoms with Gasteiger partial charge in [-0.05, 0) is 31.5 Å². The van der Waals surface area contributed by atoms with Crippen LogP contribution in [0.15, 0.2) is 24.5 Å². The van der Waals surface area contributed by atoms with Crippen LogP contribution in [0.25, 0.3) is 11.4 Å². The van der Waals surface area contributed by atoms with E-state index in [2.05, 4.69) is 15.4 Å². The van der Waals surface area contributed by atoms with Crippen LogP contribution >= 0.6 is 0 Å². The van der Waals surface area contributed by atoms with E-state index in [9.17, 15) is 18.0 Å². The Hall–Kier alpha value is -2.38. The third kappa shape index (κ3) is 3.44. The monoisotopic (exact) mass is 312 g/mol. The van der Waals surface area contributed by atoms with E-state index in [4.69, 9.17) is 0 Å². The summed E-state index contributed by atoms with van der Waals surface area (Å²) >= 11 is 0. The summed E-state index contributed by atoms with van der Waals surface area (Å²) in [6, 6.07) is 4.80. The highest BCUT2D eigenvalue weighted by Crippen LogP contribution is 2.28. The molecule has 0 fully saturated rings. The lowest BCUT2D eigenvalue weighted by Gasteiger charge is -2.16. The molecule has 0 bridgehead atoms. The van der Waals surface area contributed by atoms with Crippen LogP contribution in [0.5, 0.6) is 0 Å². The third-order valence-electron chi connectivity index (χ3n) is 3.23. The zero-order valence-corrected chi connectivity index (χ0v) is 12.3. The van der Waals surface area contributed by atoms with Gasteiger partial charge in [0.1, 0.15) is 12.2 Å². The zero-order valence-electron chi connectivity index (χ0n) is 12.3. The Bertz CT molecular complexity index is 694. The number of nitrogens with one attached hydrogen (secondary N) is 1. The van der Waals surface area contributed by atoms with Gasteiger partial charge in [0.05, 0.1) is 0 Å². The standard InChI is InChI=1S/C14H15F3N4O/c1-8-4-5-10(19-13(22)9(2)14(15,16)17)6-11(8)12-18-7-21(3)20-12/h4-7,9H,1-3H3,(H,19,22)/t9-/m0/s1. The third-order valence-corrected chi connectivity index (χ3v) is 3.23. The quantitative estimate of drug-likeness (QED) is 0.948. The van der Waals surface area contributed by atoms with Crippen molar-refractivity contribution in [3.8, 4) is 11.4 Å². The number of aromatic nitrogens is 3. The molecular weight excluding hydrogens is 297 g/mol. The number of benzene rings is 1. The van der Waals surface area contributed by atoms with E-state index in [-0.39, 0.29) is 5.69 Å². The highest BCUT2D eigenvalue weighted by molar-refractivity contribution is 5.93. The molecule has 1 heterocycles. The van der Waals surface area contributed by atoms with Gasteiger partial charge in [0.25, 0.3) is 0 Å². The number of carbonyl (C=O) groups excluding carboxylic acids is 1. The van der Waals surface area contributed by atoms with Crippen molar-refractivity contribution >= 4 is 11.6 Å². The van der Waals surface area contributed by atoms with Crippen molar-refractivity contribution in [1.29, 1.82) is 0 Å². The lowest BCUT2D eigenvalue weighted by Crippen LogP contribution is -2.32. The Kier molecular flexibility index (Phi) is 4.20. The average molecular weight is 312 g/mol. The van der Waals surface area contributed by atoms with Crippen LogP contribution < -0.4 is 5.32 Å². The van der Waals surface area contributed by atoms with Gasteiger partial charge in [-0.15, -0.1) is 0 Å². The predicted octanol–water partition coefficient (Wildman–Crippen LogP) is 2.93. The van der Waals surface area contributed by atoms with Crippen LogP contribution in [0.2, 0.25) is 0 Å². The number of amides is 1. The Labute approximate surface area is 125 Å². The van der Waals surface area contributed by atoms with E-state index in [0.717, 1.165) is 12.5 Å². The molecule has 1 atom stereocenters. The first-order valence-corrected chi connectivity index (χ1v) is 6.52. The second-order valence-corrected chi connectivity index (χ2v) is 5.02. The number of rotatable bonds is 3. The van der Waals surface area contributed by atoms with Crippen LogP contribution in [0.4, 0.5) is 18.9 Å². The van der Waals surface area contributed by atoms with Crippen molar-refractivity contribution in [3.05, 3.63) is 30.1 Å². The summed E-state index contributed by atoms with van der Waals surface area (Å²) in [5.41, 5.74) is 1.78. The molecule has 1 N–H and O–H groups in total. The highest BCUT2D eigenvalue weighted by Gasteiger charge is 2.41. The smallest absolute Gasteiger partial charge is 0.326 e. The minimum Gasteiger partial charge on any atom is -0.326 e. The van der Waals surface area contributed by atoms with Gasteiger partial charge in [0.15, 0.2) is 5.82 Å². The molecule has 0 saturated heterocycles. The average Bonchev–Trinajstić information content (AvgIpc) is 2.85. The fraction of sp³-hybridized carbons (Fsp3) is 0.357. The van der Waals surface area contributed by atoms with E-state index >= 15 is 0 Å². The maximum atomic E-state index is 12.5. The molecule has 0 spiro atoms. The summed E-state index contributed by atoms with van der Waals surface area (Å²) in [5.74, 6) is -2.73. The molecule has 2 rings (SSSR count). The molecule has 1 amide bonds. The molecule has 0 aliphatic heterocycles. The fourth-order valence-corrected chi connectivity index (χ4v) is 1.80. The zero-order chi connectivity index (χ0) is 16.5. The number of aryl methyl sites for hydroxylation is 2.